The van der Waals surface area contributed by atoms with Gasteiger partial charge in [-0.25, -0.2) is 5.84 Å². The van der Waals surface area contributed by atoms with Gasteiger partial charge in [0.1, 0.15) is 5.01 Å². The number of hydrogen-bond acceptors (Lipinski definition) is 7. The highest BCUT2D eigenvalue weighted by Gasteiger charge is 2.20. The summed E-state index contributed by atoms with van der Waals surface area (Å²) in [5.41, 5.74) is 12.3. The smallest absolute Gasteiger partial charge is 0.224 e. The molecule has 136 valence electrons. The molecule has 1 aromatic heterocycles. The van der Waals surface area contributed by atoms with E-state index in [9.17, 15) is 4.79 Å². The first-order chi connectivity index (χ1) is 11.4. The van der Waals surface area contributed by atoms with Crippen molar-refractivity contribution in [3.63, 3.8) is 0 Å². The number of nitrogens with one attached hydrogen (secondary N) is 1. The minimum absolute atomic E-state index is 0.116. The minimum Gasteiger partial charge on any atom is -0.375 e. The van der Waals surface area contributed by atoms with Crippen LogP contribution < -0.4 is 22.7 Å². The lowest BCUT2D eigenvalue weighted by Gasteiger charge is -2.00. The molecule has 0 saturated heterocycles. The normalized spacial score (nSPS) is 17.4. The Balaban J connectivity index is 0.000000196. The SMILES string of the molecule is NNC(N)=S.Nc1nnc(C2CCCC2)s1.O=C(Cl)C1CCCC1. The van der Waals surface area contributed by atoms with Crippen LogP contribution in [0.25, 0.3) is 0 Å². The predicted molar refractivity (Wildman–Crippen MR) is 102 cm³/mol. The summed E-state index contributed by atoms with van der Waals surface area (Å²) in [7, 11) is 0. The Morgan fingerprint density at radius 1 is 1.17 bits per heavy atom. The zero-order valence-corrected chi connectivity index (χ0v) is 15.9. The summed E-state index contributed by atoms with van der Waals surface area (Å²) < 4.78 is 0. The number of anilines is 1. The summed E-state index contributed by atoms with van der Waals surface area (Å²) in [5.74, 6) is 5.50. The third kappa shape index (κ3) is 8.18. The summed E-state index contributed by atoms with van der Waals surface area (Å²) in [5, 5.41) is 9.57. The van der Waals surface area contributed by atoms with E-state index in [1.807, 2.05) is 5.43 Å². The largest absolute Gasteiger partial charge is 0.375 e. The van der Waals surface area contributed by atoms with Gasteiger partial charge in [0.2, 0.25) is 10.4 Å². The molecule has 0 radical (unpaired) electrons. The highest BCUT2D eigenvalue weighted by atomic mass is 35.5. The van der Waals surface area contributed by atoms with Crippen LogP contribution in [-0.2, 0) is 4.79 Å². The van der Waals surface area contributed by atoms with Crippen LogP contribution in [0.4, 0.5) is 5.13 Å². The summed E-state index contributed by atoms with van der Waals surface area (Å²) in [6.45, 7) is 0. The fraction of sp³-hybridized carbons (Fsp3) is 0.714. The molecule has 1 heterocycles. The van der Waals surface area contributed by atoms with Gasteiger partial charge in [0.25, 0.3) is 0 Å². The summed E-state index contributed by atoms with van der Waals surface area (Å²) in [6.07, 6.45) is 9.62. The van der Waals surface area contributed by atoms with Crippen molar-refractivity contribution in [2.45, 2.75) is 57.3 Å². The topological polar surface area (TPSA) is 133 Å². The number of thiocarbonyl (C=S) groups is 1. The summed E-state index contributed by atoms with van der Waals surface area (Å²) in [4.78, 5) is 10.4. The molecule has 0 unspecified atom stereocenters. The van der Waals surface area contributed by atoms with Crippen LogP contribution in [0.5, 0.6) is 0 Å². The van der Waals surface area contributed by atoms with Crippen molar-refractivity contribution in [1.82, 2.24) is 15.6 Å². The molecule has 1 aromatic rings. The van der Waals surface area contributed by atoms with Gasteiger partial charge in [0.15, 0.2) is 5.11 Å². The highest BCUT2D eigenvalue weighted by Crippen LogP contribution is 2.35. The van der Waals surface area contributed by atoms with Crippen molar-refractivity contribution in [1.29, 1.82) is 0 Å². The Bertz CT molecular complexity index is 515. The average molecular weight is 393 g/mol. The molecule has 0 aromatic carbocycles. The van der Waals surface area contributed by atoms with E-state index in [1.165, 1.54) is 38.5 Å². The lowest BCUT2D eigenvalue weighted by molar-refractivity contribution is -0.114. The van der Waals surface area contributed by atoms with Crippen LogP contribution >= 0.6 is 35.2 Å². The van der Waals surface area contributed by atoms with Gasteiger partial charge >= 0.3 is 0 Å². The molecule has 7 nitrogen and oxygen atoms in total. The third-order valence-electron chi connectivity index (χ3n) is 3.98. The molecule has 3 rings (SSSR count). The predicted octanol–water partition coefficient (Wildman–Crippen LogP) is 2.41. The molecule has 10 heteroatoms. The van der Waals surface area contributed by atoms with Crippen molar-refractivity contribution in [2.75, 3.05) is 5.73 Å². The van der Waals surface area contributed by atoms with Crippen molar-refractivity contribution >= 4 is 50.6 Å². The molecular formula is C14H25ClN6OS2. The van der Waals surface area contributed by atoms with E-state index in [4.69, 9.17) is 23.1 Å². The van der Waals surface area contributed by atoms with E-state index in [1.54, 1.807) is 11.3 Å². The number of carbonyl (C=O) groups excluding carboxylic acids is 1. The summed E-state index contributed by atoms with van der Waals surface area (Å²) >= 11 is 11.0. The Kier molecular flexibility index (Phi) is 10.1. The number of rotatable bonds is 2. The number of nitrogens with two attached hydrogens (primary N) is 3. The zero-order chi connectivity index (χ0) is 17.9. The van der Waals surface area contributed by atoms with E-state index >= 15 is 0 Å². The van der Waals surface area contributed by atoms with Gasteiger partial charge in [-0.3, -0.25) is 4.79 Å². The minimum atomic E-state index is -0.137. The lowest BCUT2D eigenvalue weighted by Crippen LogP contribution is -2.34. The van der Waals surface area contributed by atoms with Gasteiger partial charge in [-0.05, 0) is 49.5 Å². The van der Waals surface area contributed by atoms with Gasteiger partial charge in [-0.15, -0.1) is 10.2 Å². The van der Waals surface area contributed by atoms with E-state index < -0.39 is 0 Å². The number of carbonyl (C=O) groups is 1. The lowest BCUT2D eigenvalue weighted by atomic mass is 10.1. The highest BCUT2D eigenvalue weighted by molar-refractivity contribution is 7.80. The number of nitrogens with zero attached hydrogens (tertiary/aromatic N) is 2. The molecule has 2 aliphatic carbocycles. The second kappa shape index (κ2) is 11.5. The average Bonchev–Trinajstić information content (AvgIpc) is 3.30. The van der Waals surface area contributed by atoms with Gasteiger partial charge < -0.3 is 16.9 Å². The first-order valence-electron chi connectivity index (χ1n) is 7.98. The molecule has 2 aliphatic rings. The van der Waals surface area contributed by atoms with Gasteiger partial charge in [0.05, 0.1) is 0 Å². The monoisotopic (exact) mass is 392 g/mol. The second-order valence-electron chi connectivity index (χ2n) is 5.75. The molecule has 0 bridgehead atoms. The van der Waals surface area contributed by atoms with E-state index in [-0.39, 0.29) is 16.3 Å². The Hall–Kier alpha value is -1.03. The van der Waals surface area contributed by atoms with E-state index in [0.717, 1.165) is 17.8 Å². The van der Waals surface area contributed by atoms with E-state index in [0.29, 0.717) is 11.0 Å². The fourth-order valence-corrected chi connectivity index (χ4v) is 3.74. The first kappa shape index (κ1) is 21.0. The number of halogens is 1. The van der Waals surface area contributed by atoms with Crippen molar-refractivity contribution in [3.8, 4) is 0 Å². The molecule has 0 amide bonds. The molecule has 2 saturated carbocycles. The van der Waals surface area contributed by atoms with Crippen molar-refractivity contribution in [3.05, 3.63) is 5.01 Å². The van der Waals surface area contributed by atoms with Crippen LogP contribution in [0.2, 0.25) is 0 Å². The Labute approximate surface area is 156 Å². The number of aromatic nitrogens is 2. The molecule has 7 N–H and O–H groups in total. The maximum absolute atomic E-state index is 10.4. The molecular weight excluding hydrogens is 368 g/mol. The fourth-order valence-electron chi connectivity index (χ4n) is 2.74. The van der Waals surface area contributed by atoms with Crippen LogP contribution in [0, 0.1) is 5.92 Å². The van der Waals surface area contributed by atoms with Crippen LogP contribution in [-0.4, -0.2) is 20.6 Å². The molecule has 0 spiro atoms. The zero-order valence-electron chi connectivity index (χ0n) is 13.5. The number of nitrogen functional groups attached to an aromatic ring is 1. The number of hydrogen-bond donors (Lipinski definition) is 4. The van der Waals surface area contributed by atoms with Gasteiger partial charge in [-0.1, -0.05) is 37.0 Å². The number of hydrazine groups is 1. The Morgan fingerprint density at radius 3 is 2.00 bits per heavy atom. The molecule has 0 atom stereocenters. The van der Waals surface area contributed by atoms with Crippen LogP contribution in [0.1, 0.15) is 62.3 Å². The van der Waals surface area contributed by atoms with Gasteiger partial charge in [-0.2, -0.15) is 0 Å². The molecule has 24 heavy (non-hydrogen) atoms. The molecule has 2 fully saturated rings. The van der Waals surface area contributed by atoms with Crippen LogP contribution in [0.15, 0.2) is 0 Å². The maximum Gasteiger partial charge on any atom is 0.224 e. The quantitative estimate of drug-likeness (QED) is 0.261. The Morgan fingerprint density at radius 2 is 1.67 bits per heavy atom. The van der Waals surface area contributed by atoms with Crippen molar-refractivity contribution in [2.24, 2.45) is 17.5 Å². The second-order valence-corrected chi connectivity index (χ2v) is 7.61. The van der Waals surface area contributed by atoms with Gasteiger partial charge in [0, 0.05) is 11.8 Å². The molecule has 0 aliphatic heterocycles. The standard InChI is InChI=1S/C7H11N3S.C6H9ClO.CH5N3S/c8-7-10-9-6(11-7)5-3-1-2-4-5;7-6(8)5-3-1-2-4-5;2-1(5)4-3/h5H,1-4H2,(H2,8,10);5H,1-4H2;3H2,(H3,2,4,5). The maximum atomic E-state index is 10.4. The first-order valence-corrected chi connectivity index (χ1v) is 9.58. The van der Waals surface area contributed by atoms with Crippen LogP contribution in [0.3, 0.4) is 0 Å². The third-order valence-corrected chi connectivity index (χ3v) is 5.32. The van der Waals surface area contributed by atoms with E-state index in [2.05, 4.69) is 28.3 Å². The summed E-state index contributed by atoms with van der Waals surface area (Å²) in [6, 6.07) is 0. The van der Waals surface area contributed by atoms with Crippen molar-refractivity contribution < 1.29 is 4.79 Å².